The molecule has 21 heavy (non-hydrogen) atoms. The molecule has 1 aliphatic rings. The second-order valence-corrected chi connectivity index (χ2v) is 8.73. The molecule has 0 aliphatic carbocycles. The van der Waals surface area contributed by atoms with Gasteiger partial charge in [0.1, 0.15) is 0 Å². The molecule has 0 amide bonds. The number of ether oxygens (including phenoxy) is 1. The molecule has 1 aliphatic heterocycles. The van der Waals surface area contributed by atoms with Gasteiger partial charge in [-0.3, -0.25) is 0 Å². The van der Waals surface area contributed by atoms with Crippen LogP contribution in [0.5, 0.6) is 0 Å². The highest BCUT2D eigenvalue weighted by Crippen LogP contribution is 2.44. The first-order valence-corrected chi connectivity index (χ1v) is 10.4. The van der Waals surface area contributed by atoms with E-state index in [2.05, 4.69) is 100 Å². The van der Waals surface area contributed by atoms with E-state index in [9.17, 15) is 9.59 Å². The third kappa shape index (κ3) is 4.60. The summed E-state index contributed by atoms with van der Waals surface area (Å²) in [4.78, 5) is 23.0. The van der Waals surface area contributed by atoms with Gasteiger partial charge in [-0.15, -0.1) is 0 Å². The summed E-state index contributed by atoms with van der Waals surface area (Å²) < 4.78 is 6.84. The van der Waals surface area contributed by atoms with E-state index in [1.165, 1.54) is 0 Å². The van der Waals surface area contributed by atoms with Crippen molar-refractivity contribution in [2.45, 2.75) is 4.83 Å². The fourth-order valence-electron chi connectivity index (χ4n) is 1.25. The average Bonchev–Trinajstić information content (AvgIpc) is 2.77. The lowest BCUT2D eigenvalue weighted by Gasteiger charge is -2.06. The van der Waals surface area contributed by atoms with Gasteiger partial charge in [0.05, 0.1) is 17.7 Å². The normalized spacial score (nSPS) is 14.2. The van der Waals surface area contributed by atoms with Crippen molar-refractivity contribution >= 4 is 108 Å². The molecule has 1 N–H and O–H groups in total. The summed E-state index contributed by atoms with van der Waals surface area (Å²) >= 11 is 19.4. The number of fused-ring (bicyclic) bond motifs is 1. The highest BCUT2D eigenvalue weighted by atomic mass is 79.9. The number of aliphatic hydroxyl groups is 1. The summed E-state index contributed by atoms with van der Waals surface area (Å²) in [6.07, 6.45) is 0. The highest BCUT2D eigenvalue weighted by Gasteiger charge is 2.36. The minimum atomic E-state index is -0.643. The summed E-state index contributed by atoms with van der Waals surface area (Å²) in [5, 5.41) is 9.07. The smallest absolute Gasteiger partial charge is 0.348 e. The van der Waals surface area contributed by atoms with Gasteiger partial charge in [-0.1, -0.05) is 31.9 Å². The Hall–Kier alpha value is 1.20. The van der Waals surface area contributed by atoms with E-state index in [-0.39, 0.29) is 22.6 Å². The van der Waals surface area contributed by atoms with E-state index in [0.29, 0.717) is 17.9 Å². The lowest BCUT2D eigenvalue weighted by atomic mass is 10.1. The maximum absolute atomic E-state index is 11.4. The molecule has 1 atom stereocenters. The highest BCUT2D eigenvalue weighted by molar-refractivity contribution is 9.15. The molecule has 0 fully saturated rings. The number of halogens is 6. The number of rotatable bonds is 2. The van der Waals surface area contributed by atoms with Crippen molar-refractivity contribution in [2.24, 2.45) is 0 Å². The quantitative estimate of drug-likeness (QED) is 0.154. The number of aliphatic hydroxyl groups excluding tert-OH is 1. The lowest BCUT2D eigenvalue weighted by molar-refractivity contribution is 0.0443. The second-order valence-electron chi connectivity index (χ2n) is 3.62. The number of esters is 2. The standard InChI is InChI=1S/C8Br4O3.C3H6Br2O/c9-3-1-2(8(14)15-7(1)13)4(10)6(12)5(3)11;4-1-3(5)2-6/h;3,6H,1-2H2. The molecule has 0 spiro atoms. The van der Waals surface area contributed by atoms with Gasteiger partial charge in [-0.05, 0) is 63.7 Å². The molecular formula is C11H6Br6O4. The van der Waals surface area contributed by atoms with Gasteiger partial charge in [0.2, 0.25) is 0 Å². The first-order valence-electron chi connectivity index (χ1n) is 5.19. The van der Waals surface area contributed by atoms with E-state index < -0.39 is 11.9 Å². The summed E-state index contributed by atoms with van der Waals surface area (Å²) in [6.45, 7) is 0.200. The number of carbonyl (C=O) groups is 2. The van der Waals surface area contributed by atoms with Gasteiger partial charge < -0.3 is 9.84 Å². The van der Waals surface area contributed by atoms with Gasteiger partial charge in [-0.25, -0.2) is 9.59 Å². The lowest BCUT2D eigenvalue weighted by Crippen LogP contribution is -2.03. The molecule has 116 valence electrons. The van der Waals surface area contributed by atoms with E-state index in [1.807, 2.05) is 0 Å². The first kappa shape index (κ1) is 20.2. The van der Waals surface area contributed by atoms with Crippen molar-refractivity contribution in [3.63, 3.8) is 0 Å². The molecule has 4 nitrogen and oxygen atoms in total. The van der Waals surface area contributed by atoms with Crippen molar-refractivity contribution in [1.29, 1.82) is 0 Å². The Labute approximate surface area is 171 Å². The van der Waals surface area contributed by atoms with Crippen LogP contribution in [0.2, 0.25) is 0 Å². The van der Waals surface area contributed by atoms with Crippen LogP contribution in [0.3, 0.4) is 0 Å². The van der Waals surface area contributed by atoms with Crippen LogP contribution < -0.4 is 0 Å². The van der Waals surface area contributed by atoms with Gasteiger partial charge in [-0.2, -0.15) is 0 Å². The van der Waals surface area contributed by atoms with Gasteiger partial charge >= 0.3 is 11.9 Å². The van der Waals surface area contributed by atoms with Gasteiger partial charge in [0.15, 0.2) is 0 Å². The van der Waals surface area contributed by atoms with Gasteiger partial charge in [0, 0.05) is 28.0 Å². The monoisotopic (exact) mass is 676 g/mol. The zero-order chi connectivity index (χ0) is 16.3. The van der Waals surface area contributed by atoms with Crippen LogP contribution in [-0.2, 0) is 4.74 Å². The molecule has 2 rings (SSSR count). The van der Waals surface area contributed by atoms with Crippen LogP contribution in [0.1, 0.15) is 20.7 Å². The third-order valence-corrected chi connectivity index (χ3v) is 9.26. The van der Waals surface area contributed by atoms with Crippen molar-refractivity contribution in [3.05, 3.63) is 29.0 Å². The minimum Gasteiger partial charge on any atom is -0.395 e. The van der Waals surface area contributed by atoms with Crippen LogP contribution in [0.4, 0.5) is 0 Å². The zero-order valence-electron chi connectivity index (χ0n) is 9.93. The van der Waals surface area contributed by atoms with Crippen LogP contribution in [-0.4, -0.2) is 33.8 Å². The predicted molar refractivity (Wildman–Crippen MR) is 101 cm³/mol. The van der Waals surface area contributed by atoms with Crippen molar-refractivity contribution in [3.8, 4) is 0 Å². The summed E-state index contributed by atoms with van der Waals surface area (Å²) in [5.41, 5.74) is 0.476. The number of cyclic esters (lactones) is 2. The molecule has 0 aromatic heterocycles. The number of carbonyl (C=O) groups excluding carboxylic acids is 2. The average molecular weight is 682 g/mol. The summed E-state index contributed by atoms with van der Waals surface area (Å²) in [7, 11) is 0. The number of hydrogen-bond acceptors (Lipinski definition) is 4. The maximum atomic E-state index is 11.4. The Balaban J connectivity index is 0.000000315. The Bertz CT molecular complexity index is 540. The first-order chi connectivity index (χ1) is 9.76. The van der Waals surface area contributed by atoms with Crippen LogP contribution >= 0.6 is 95.6 Å². The predicted octanol–water partition coefficient (Wildman–Crippen LogP) is 5.18. The minimum absolute atomic E-state index is 0.200. The topological polar surface area (TPSA) is 63.6 Å². The molecule has 1 unspecified atom stereocenters. The molecular weight excluding hydrogens is 676 g/mol. The molecule has 0 saturated carbocycles. The summed E-state index contributed by atoms with van der Waals surface area (Å²) in [6, 6.07) is 0. The Kier molecular flexibility index (Phi) is 8.57. The zero-order valence-corrected chi connectivity index (χ0v) is 19.4. The number of hydrogen-bond donors (Lipinski definition) is 1. The van der Waals surface area contributed by atoms with E-state index in [0.717, 1.165) is 5.33 Å². The van der Waals surface area contributed by atoms with E-state index in [1.54, 1.807) is 0 Å². The largest absolute Gasteiger partial charge is 0.395 e. The fraction of sp³-hybridized carbons (Fsp3) is 0.273. The SMILES string of the molecule is O=C1OC(=O)c2c(Br)c(Br)c(Br)c(Br)c21.OCC(Br)CBr. The Morgan fingerprint density at radius 1 is 0.905 bits per heavy atom. The van der Waals surface area contributed by atoms with Crippen molar-refractivity contribution in [2.75, 3.05) is 11.9 Å². The van der Waals surface area contributed by atoms with Crippen LogP contribution in [0.15, 0.2) is 17.9 Å². The van der Waals surface area contributed by atoms with E-state index >= 15 is 0 Å². The molecule has 1 aromatic rings. The molecule has 1 heterocycles. The molecule has 0 saturated heterocycles. The maximum Gasteiger partial charge on any atom is 0.348 e. The fourth-order valence-corrected chi connectivity index (χ4v) is 3.90. The Morgan fingerprint density at radius 3 is 1.52 bits per heavy atom. The molecule has 0 radical (unpaired) electrons. The van der Waals surface area contributed by atoms with Crippen molar-refractivity contribution in [1.82, 2.24) is 0 Å². The second kappa shape index (κ2) is 8.89. The number of alkyl halides is 2. The van der Waals surface area contributed by atoms with Gasteiger partial charge in [0.25, 0.3) is 0 Å². The van der Waals surface area contributed by atoms with Crippen molar-refractivity contribution < 1.29 is 19.4 Å². The third-order valence-electron chi connectivity index (χ3n) is 2.23. The summed E-state index contributed by atoms with van der Waals surface area (Å²) in [5.74, 6) is -1.29. The molecule has 10 heteroatoms. The van der Waals surface area contributed by atoms with E-state index in [4.69, 9.17) is 5.11 Å². The molecule has 1 aromatic carbocycles. The van der Waals surface area contributed by atoms with Crippen LogP contribution in [0.25, 0.3) is 0 Å². The molecule has 0 bridgehead atoms. The van der Waals surface area contributed by atoms with Crippen LogP contribution in [0, 0.1) is 0 Å². The Morgan fingerprint density at radius 2 is 1.29 bits per heavy atom. The number of benzene rings is 1.